The first kappa shape index (κ1) is 70.1. The van der Waals surface area contributed by atoms with E-state index in [2.05, 4.69) is 433 Å². The molecule has 5 heteroatoms. The van der Waals surface area contributed by atoms with Crippen LogP contribution in [0.3, 0.4) is 0 Å². The number of benzene rings is 18. The molecule has 3 nitrogen and oxygen atoms in total. The van der Waals surface area contributed by atoms with E-state index < -0.39 is 0 Å². The number of hydrogen-bond acceptors (Lipinski definition) is 3. The van der Waals surface area contributed by atoms with Gasteiger partial charge in [0, 0.05) is 65.3 Å². The van der Waals surface area contributed by atoms with E-state index in [0.29, 0.717) is 0 Å². The average molecular weight is 1590 g/mol. The standard InChI is InChI=1S/C52H35NO.C29H22.C24H15BrO.HI/c1-3-12-36(13-4-1)37-24-30-42(31-25-37)53(43-32-26-40(27-33-43)46-19-9-17-38-16-7-8-18-45(38)46)44-34-28-41(29-35-44)48-21-11-23-50-49-22-10-20-47(51(49)54-52(48)50)39-14-5-2-6-15-39;1-2-7-24(8-3-1)25-17-13-22(14-18-25)21-23-15-19-27(20-16-23)29-12-6-10-26-9-4-5-11-28(26)29;25-18-14-12-17(13-15-18)20-9-5-11-22-21-10-4-8-19(23(21)26-24(20)22)16-6-2-1-3-7-16;/h1-35H;1-20H,21H2;1-15H;1H. The van der Waals surface area contributed by atoms with Gasteiger partial charge in [-0.25, -0.2) is 0 Å². The van der Waals surface area contributed by atoms with Crippen LogP contribution in [0.2, 0.25) is 0 Å². The molecule has 20 aromatic rings. The van der Waals surface area contributed by atoms with Crippen molar-refractivity contribution in [2.75, 3.05) is 4.90 Å². The van der Waals surface area contributed by atoms with Gasteiger partial charge in [0.25, 0.3) is 0 Å². The summed E-state index contributed by atoms with van der Waals surface area (Å²) in [5.41, 5.74) is 28.5. The quantitative estimate of drug-likeness (QED) is 0.108. The molecular weight excluding hydrogens is 1510 g/mol. The summed E-state index contributed by atoms with van der Waals surface area (Å²) in [4.78, 5) is 2.33. The molecule has 0 amide bonds. The maximum absolute atomic E-state index is 6.75. The zero-order chi connectivity index (χ0) is 72.8. The zero-order valence-corrected chi connectivity index (χ0v) is 64.1. The number of anilines is 3. The molecule has 0 unspecified atom stereocenters. The highest BCUT2D eigenvalue weighted by atomic mass is 127. The van der Waals surface area contributed by atoms with E-state index >= 15 is 0 Å². The summed E-state index contributed by atoms with van der Waals surface area (Å²) in [7, 11) is 0. The van der Waals surface area contributed by atoms with Gasteiger partial charge < -0.3 is 13.7 Å². The highest BCUT2D eigenvalue weighted by Gasteiger charge is 2.20. The molecule has 20 rings (SSSR count). The van der Waals surface area contributed by atoms with Gasteiger partial charge in [-0.05, 0) is 154 Å². The fraction of sp³-hybridized carbons (Fsp3) is 0.00952. The predicted molar refractivity (Wildman–Crippen MR) is 479 cm³/mol. The van der Waals surface area contributed by atoms with Gasteiger partial charge in [-0.1, -0.05) is 392 Å². The summed E-state index contributed by atoms with van der Waals surface area (Å²) in [5.74, 6) is 0. The van der Waals surface area contributed by atoms with E-state index in [9.17, 15) is 0 Å². The Hall–Kier alpha value is -12.9. The van der Waals surface area contributed by atoms with Gasteiger partial charge in [-0.15, -0.1) is 24.0 Å². The number of furan rings is 2. The van der Waals surface area contributed by atoms with Crippen LogP contribution < -0.4 is 4.90 Å². The van der Waals surface area contributed by atoms with E-state index in [-0.39, 0.29) is 24.0 Å². The smallest absolute Gasteiger partial charge is 0.143 e. The third-order valence-corrected chi connectivity index (χ3v) is 21.3. The minimum atomic E-state index is 0. The van der Waals surface area contributed by atoms with Crippen molar-refractivity contribution >= 4 is 122 Å². The Kier molecular flexibility index (Phi) is 20.3. The van der Waals surface area contributed by atoms with Gasteiger partial charge in [-0.2, -0.15) is 0 Å². The van der Waals surface area contributed by atoms with E-state index in [1.807, 2.05) is 12.1 Å². The summed E-state index contributed by atoms with van der Waals surface area (Å²) in [6.45, 7) is 0. The Morgan fingerprint density at radius 1 is 0.191 bits per heavy atom. The molecule has 0 N–H and O–H groups in total. The van der Waals surface area contributed by atoms with E-state index in [1.165, 1.54) is 82.7 Å². The lowest BCUT2D eigenvalue weighted by Gasteiger charge is -2.26. The lowest BCUT2D eigenvalue weighted by Crippen LogP contribution is -2.09. The average Bonchev–Trinajstić information content (AvgIpc) is 1.59. The van der Waals surface area contributed by atoms with Gasteiger partial charge in [0.1, 0.15) is 22.3 Å². The fourth-order valence-corrected chi connectivity index (χ4v) is 15.6. The first-order valence-corrected chi connectivity index (χ1v) is 37.9. The number of hydrogen-bond donors (Lipinski definition) is 0. The molecule has 0 radical (unpaired) electrons. The van der Waals surface area contributed by atoms with E-state index in [4.69, 9.17) is 8.83 Å². The Bertz CT molecular complexity index is 6550. The monoisotopic (exact) mass is 1590 g/mol. The summed E-state index contributed by atoms with van der Waals surface area (Å²) in [6, 6.07) is 151. The van der Waals surface area contributed by atoms with Crippen molar-refractivity contribution in [1.29, 1.82) is 0 Å². The van der Waals surface area contributed by atoms with Gasteiger partial charge in [0.05, 0.1) is 0 Å². The molecule has 110 heavy (non-hydrogen) atoms. The van der Waals surface area contributed by atoms with Crippen molar-refractivity contribution in [2.24, 2.45) is 0 Å². The topological polar surface area (TPSA) is 29.5 Å². The molecule has 2 heterocycles. The van der Waals surface area contributed by atoms with Crippen molar-refractivity contribution in [3.63, 3.8) is 0 Å². The normalized spacial score (nSPS) is 11.1. The molecule has 0 aliphatic carbocycles. The zero-order valence-electron chi connectivity index (χ0n) is 60.2. The van der Waals surface area contributed by atoms with Crippen molar-refractivity contribution in [3.8, 4) is 89.0 Å². The van der Waals surface area contributed by atoms with Crippen LogP contribution in [-0.4, -0.2) is 0 Å². The Morgan fingerprint density at radius 2 is 0.418 bits per heavy atom. The fourth-order valence-electron chi connectivity index (χ4n) is 15.3. The maximum Gasteiger partial charge on any atom is 0.143 e. The van der Waals surface area contributed by atoms with Crippen molar-refractivity contribution in [2.45, 2.75) is 6.42 Å². The molecule has 0 saturated carbocycles. The molecule has 0 atom stereocenters. The highest BCUT2D eigenvalue weighted by molar-refractivity contribution is 14.0. The molecule has 0 aliphatic rings. The van der Waals surface area contributed by atoms with Crippen LogP contribution in [0.1, 0.15) is 11.1 Å². The Morgan fingerprint density at radius 3 is 0.773 bits per heavy atom. The minimum absolute atomic E-state index is 0. The largest absolute Gasteiger partial charge is 0.455 e. The molecule has 0 saturated heterocycles. The lowest BCUT2D eigenvalue weighted by atomic mass is 9.96. The molecule has 0 aliphatic heterocycles. The summed E-state index contributed by atoms with van der Waals surface area (Å²) >= 11 is 3.51. The predicted octanol–water partition coefficient (Wildman–Crippen LogP) is 30.9. The summed E-state index contributed by atoms with van der Waals surface area (Å²) in [5, 5.41) is 9.64. The second-order valence-electron chi connectivity index (χ2n) is 27.5. The SMILES string of the molecule is Brc1ccc(-c2cccc3c2oc2c(-c4ccccc4)cccc23)cc1.I.c1ccc(-c2ccc(Cc3ccc(-c4cccc5ccccc45)cc3)cc2)cc1.c1ccc(-c2ccc(N(c3ccc(-c4cccc5ccccc45)cc3)c3ccc(-c4cccc5c4oc4c(-c6ccccc6)cccc45)cc3)cc2)cc1. The molecule has 2 aromatic heterocycles. The lowest BCUT2D eigenvalue weighted by molar-refractivity contribution is 0.670. The second-order valence-corrected chi connectivity index (χ2v) is 28.4. The van der Waals surface area contributed by atoms with Crippen LogP contribution in [0.5, 0.6) is 0 Å². The van der Waals surface area contributed by atoms with Crippen LogP contribution in [0.15, 0.2) is 438 Å². The van der Waals surface area contributed by atoms with Gasteiger partial charge in [-0.3, -0.25) is 0 Å². The number of nitrogens with zero attached hydrogens (tertiary/aromatic N) is 1. The first-order chi connectivity index (χ1) is 54.0. The van der Waals surface area contributed by atoms with E-state index in [1.54, 1.807) is 0 Å². The highest BCUT2D eigenvalue weighted by Crippen LogP contribution is 2.45. The van der Waals surface area contributed by atoms with Gasteiger partial charge in [0.2, 0.25) is 0 Å². The molecule has 0 fully saturated rings. The maximum atomic E-state index is 6.75. The number of para-hydroxylation sites is 4. The van der Waals surface area contributed by atoms with Gasteiger partial charge in [0.15, 0.2) is 0 Å². The Balaban J connectivity index is 0.000000132. The molecule has 524 valence electrons. The van der Waals surface area contributed by atoms with Crippen LogP contribution >= 0.6 is 39.9 Å². The van der Waals surface area contributed by atoms with Crippen LogP contribution in [0.4, 0.5) is 17.1 Å². The third-order valence-electron chi connectivity index (χ3n) is 20.8. The third kappa shape index (κ3) is 14.5. The van der Waals surface area contributed by atoms with Crippen LogP contribution in [0, 0.1) is 0 Å². The number of rotatable bonds is 13. The number of halogens is 2. The molecule has 0 bridgehead atoms. The summed E-state index contributed by atoms with van der Waals surface area (Å²) < 4.78 is 14.3. The first-order valence-electron chi connectivity index (χ1n) is 37.1. The van der Waals surface area contributed by atoms with Crippen LogP contribution in [0.25, 0.3) is 154 Å². The van der Waals surface area contributed by atoms with E-state index in [0.717, 1.165) is 111 Å². The summed E-state index contributed by atoms with van der Waals surface area (Å²) in [6.07, 6.45) is 0.949. The Labute approximate surface area is 666 Å². The molecule has 0 spiro atoms. The molecule has 18 aromatic carbocycles. The molecular formula is C105H73BrINO2. The van der Waals surface area contributed by atoms with Gasteiger partial charge >= 0.3 is 0 Å². The van der Waals surface area contributed by atoms with Crippen molar-refractivity contribution < 1.29 is 8.83 Å². The number of fused-ring (bicyclic) bond motifs is 8. The van der Waals surface area contributed by atoms with Crippen LogP contribution in [-0.2, 0) is 6.42 Å². The second kappa shape index (κ2) is 31.9. The van der Waals surface area contributed by atoms with Crippen molar-refractivity contribution in [1.82, 2.24) is 0 Å². The minimum Gasteiger partial charge on any atom is -0.455 e. The van der Waals surface area contributed by atoms with Crippen molar-refractivity contribution in [3.05, 3.63) is 440 Å².